The van der Waals surface area contributed by atoms with Crippen LogP contribution in [0.5, 0.6) is 0 Å². The molecule has 1 aromatic rings. The zero-order valence-electron chi connectivity index (χ0n) is 9.53. The minimum Gasteiger partial charge on any atom is -0.481 e. The Labute approximate surface area is 102 Å². The Hall–Kier alpha value is -1.64. The van der Waals surface area contributed by atoms with Crippen LogP contribution in [0.15, 0.2) is 5.16 Å². The monoisotopic (exact) mass is 259 g/mol. The van der Waals surface area contributed by atoms with Gasteiger partial charge in [-0.15, -0.1) is 5.10 Å². The molecule has 0 aliphatic carbocycles. The maximum atomic E-state index is 11.6. The number of aliphatic carboxylic acids is 1. The molecule has 1 rings (SSSR count). The molecule has 0 unspecified atom stereocenters. The summed E-state index contributed by atoms with van der Waals surface area (Å²) in [6, 6.07) is 0. The number of tetrazole rings is 1. The normalized spacial score (nSPS) is 10.2. The van der Waals surface area contributed by atoms with Gasteiger partial charge >= 0.3 is 5.97 Å². The Morgan fingerprint density at radius 1 is 1.53 bits per heavy atom. The van der Waals surface area contributed by atoms with Crippen LogP contribution >= 0.6 is 11.8 Å². The molecule has 17 heavy (non-hydrogen) atoms. The summed E-state index contributed by atoms with van der Waals surface area (Å²) in [6.45, 7) is 2.47. The Bertz CT molecular complexity index is 408. The molecule has 1 N–H and O–H groups in total. The van der Waals surface area contributed by atoms with Crippen LogP contribution in [0.3, 0.4) is 0 Å². The average Bonchev–Trinajstić information content (AvgIpc) is 2.72. The fourth-order valence-electron chi connectivity index (χ4n) is 0.951. The van der Waals surface area contributed by atoms with Gasteiger partial charge in [-0.25, -0.2) is 4.68 Å². The maximum Gasteiger partial charge on any atom is 0.313 e. The van der Waals surface area contributed by atoms with E-state index in [4.69, 9.17) is 5.11 Å². The van der Waals surface area contributed by atoms with Crippen LogP contribution in [0.2, 0.25) is 0 Å². The van der Waals surface area contributed by atoms with E-state index in [-0.39, 0.29) is 18.2 Å². The highest BCUT2D eigenvalue weighted by atomic mass is 32.2. The Morgan fingerprint density at radius 3 is 2.82 bits per heavy atom. The number of carboxylic acids is 1. The molecule has 94 valence electrons. The van der Waals surface area contributed by atoms with Gasteiger partial charge in [-0.3, -0.25) is 9.59 Å². The van der Waals surface area contributed by atoms with E-state index in [9.17, 15) is 9.59 Å². The lowest BCUT2D eigenvalue weighted by atomic mass is 10.5. The molecule has 0 aliphatic heterocycles. The number of amides is 1. The van der Waals surface area contributed by atoms with Crippen molar-refractivity contribution in [3.8, 4) is 0 Å². The molecule has 0 fully saturated rings. The molecule has 0 aromatic carbocycles. The number of thioether (sulfide) groups is 1. The van der Waals surface area contributed by atoms with Gasteiger partial charge in [-0.05, 0) is 17.4 Å². The molecule has 1 heterocycles. The summed E-state index contributed by atoms with van der Waals surface area (Å²) in [5.74, 6) is -1.23. The highest BCUT2D eigenvalue weighted by Crippen LogP contribution is 2.12. The van der Waals surface area contributed by atoms with Gasteiger partial charge < -0.3 is 10.0 Å². The zero-order valence-corrected chi connectivity index (χ0v) is 10.3. The van der Waals surface area contributed by atoms with Crippen LogP contribution in [0.1, 0.15) is 6.92 Å². The number of aromatic nitrogens is 4. The molecule has 9 heteroatoms. The summed E-state index contributed by atoms with van der Waals surface area (Å²) in [5.41, 5.74) is 0. The molecule has 0 aliphatic rings. The number of hydrogen-bond acceptors (Lipinski definition) is 6. The molecular weight excluding hydrogens is 246 g/mol. The van der Waals surface area contributed by atoms with Gasteiger partial charge in [0.05, 0.1) is 5.75 Å². The topological polar surface area (TPSA) is 101 Å². The maximum absolute atomic E-state index is 11.6. The van der Waals surface area contributed by atoms with Gasteiger partial charge in [0.1, 0.15) is 6.54 Å². The van der Waals surface area contributed by atoms with E-state index in [0.717, 1.165) is 11.8 Å². The number of likely N-dealkylation sites (N-methyl/N-ethyl adjacent to an activating group) is 1. The van der Waals surface area contributed by atoms with Crippen molar-refractivity contribution in [2.75, 3.05) is 19.3 Å². The first-order valence-electron chi connectivity index (χ1n) is 4.89. The summed E-state index contributed by atoms with van der Waals surface area (Å²) in [6.07, 6.45) is 0. The van der Waals surface area contributed by atoms with Crippen LogP contribution in [-0.4, -0.2) is 61.4 Å². The molecule has 0 radical (unpaired) electrons. The number of carbonyl (C=O) groups is 2. The van der Waals surface area contributed by atoms with Gasteiger partial charge in [-0.1, -0.05) is 11.8 Å². The van der Waals surface area contributed by atoms with Crippen LogP contribution in [0, 0.1) is 0 Å². The van der Waals surface area contributed by atoms with Crippen LogP contribution in [0.4, 0.5) is 0 Å². The number of carboxylic acid groups (broad SMARTS) is 1. The number of hydrogen-bond donors (Lipinski definition) is 1. The fourth-order valence-corrected chi connectivity index (χ4v) is 1.55. The third kappa shape index (κ3) is 4.02. The van der Waals surface area contributed by atoms with E-state index < -0.39 is 5.97 Å². The lowest BCUT2D eigenvalue weighted by Crippen LogP contribution is -2.30. The van der Waals surface area contributed by atoms with Crippen molar-refractivity contribution in [1.82, 2.24) is 25.1 Å². The van der Waals surface area contributed by atoms with E-state index in [2.05, 4.69) is 15.5 Å². The van der Waals surface area contributed by atoms with Crippen LogP contribution in [-0.2, 0) is 16.1 Å². The first kappa shape index (κ1) is 13.4. The van der Waals surface area contributed by atoms with Gasteiger partial charge in [0.2, 0.25) is 11.1 Å². The first-order valence-corrected chi connectivity index (χ1v) is 5.87. The average molecular weight is 259 g/mol. The minimum atomic E-state index is -0.957. The second kappa shape index (κ2) is 6.18. The standard InChI is InChI=1S/C8H13N5O3S/c1-3-12(2)6(14)4-13-8(9-10-11-13)17-5-7(15)16/h3-5H2,1-2H3,(H,15,16). The third-order valence-electron chi connectivity index (χ3n) is 2.01. The van der Waals surface area contributed by atoms with Crippen molar-refractivity contribution < 1.29 is 14.7 Å². The van der Waals surface area contributed by atoms with Crippen molar-refractivity contribution >= 4 is 23.6 Å². The molecule has 0 bridgehead atoms. The summed E-state index contributed by atoms with van der Waals surface area (Å²) >= 11 is 0.980. The van der Waals surface area contributed by atoms with Gasteiger partial charge in [0.25, 0.3) is 0 Å². The molecule has 0 saturated heterocycles. The first-order chi connectivity index (χ1) is 8.04. The van der Waals surface area contributed by atoms with Gasteiger partial charge in [0, 0.05) is 13.6 Å². The predicted octanol–water partition coefficient (Wildman–Crippen LogP) is -0.672. The molecule has 0 atom stereocenters. The van der Waals surface area contributed by atoms with Crippen LogP contribution < -0.4 is 0 Å². The highest BCUT2D eigenvalue weighted by Gasteiger charge is 2.14. The Morgan fingerprint density at radius 2 is 2.24 bits per heavy atom. The quantitative estimate of drug-likeness (QED) is 0.676. The van der Waals surface area contributed by atoms with E-state index >= 15 is 0 Å². The lowest BCUT2D eigenvalue weighted by Gasteiger charge is -2.14. The van der Waals surface area contributed by atoms with Crippen molar-refractivity contribution in [3.05, 3.63) is 0 Å². The number of carbonyl (C=O) groups excluding carboxylic acids is 1. The molecule has 8 nitrogen and oxygen atoms in total. The third-order valence-corrected chi connectivity index (χ3v) is 2.95. The molecule has 0 spiro atoms. The smallest absolute Gasteiger partial charge is 0.313 e. The van der Waals surface area contributed by atoms with Crippen LogP contribution in [0.25, 0.3) is 0 Å². The second-order valence-corrected chi connectivity index (χ2v) is 4.15. The summed E-state index contributed by atoms with van der Waals surface area (Å²) in [4.78, 5) is 23.6. The van der Waals surface area contributed by atoms with E-state index in [1.54, 1.807) is 7.05 Å². The molecule has 1 aromatic heterocycles. The van der Waals surface area contributed by atoms with Crippen molar-refractivity contribution in [2.45, 2.75) is 18.6 Å². The fraction of sp³-hybridized carbons (Fsp3) is 0.625. The summed E-state index contributed by atoms with van der Waals surface area (Å²) < 4.78 is 1.29. The lowest BCUT2D eigenvalue weighted by molar-refractivity contribution is -0.134. The SMILES string of the molecule is CCN(C)C(=O)Cn1nnnc1SCC(=O)O. The zero-order chi connectivity index (χ0) is 12.8. The van der Waals surface area contributed by atoms with E-state index in [1.807, 2.05) is 6.92 Å². The number of rotatable bonds is 6. The van der Waals surface area contributed by atoms with Gasteiger partial charge in [-0.2, -0.15) is 0 Å². The summed E-state index contributed by atoms with van der Waals surface area (Å²) in [7, 11) is 1.68. The summed E-state index contributed by atoms with van der Waals surface area (Å²) in [5, 5.41) is 19.6. The Balaban J connectivity index is 2.62. The van der Waals surface area contributed by atoms with Gasteiger partial charge in [0.15, 0.2) is 0 Å². The van der Waals surface area contributed by atoms with Crippen molar-refractivity contribution in [1.29, 1.82) is 0 Å². The number of nitrogens with zero attached hydrogens (tertiary/aromatic N) is 5. The minimum absolute atomic E-state index is 0.0132. The molecule has 0 saturated carbocycles. The largest absolute Gasteiger partial charge is 0.481 e. The highest BCUT2D eigenvalue weighted by molar-refractivity contribution is 7.99. The second-order valence-electron chi connectivity index (χ2n) is 3.21. The van der Waals surface area contributed by atoms with E-state index in [1.165, 1.54) is 9.58 Å². The predicted molar refractivity (Wildman–Crippen MR) is 59.5 cm³/mol. The molecular formula is C8H13N5O3S. The van der Waals surface area contributed by atoms with Crippen molar-refractivity contribution in [3.63, 3.8) is 0 Å². The van der Waals surface area contributed by atoms with E-state index in [0.29, 0.717) is 11.7 Å². The van der Waals surface area contributed by atoms with Crippen molar-refractivity contribution in [2.24, 2.45) is 0 Å². The molecule has 1 amide bonds. The Kier molecular flexibility index (Phi) is 4.88.